The molecule has 1 aromatic rings. The Morgan fingerprint density at radius 1 is 1.27 bits per heavy atom. The molecule has 0 atom stereocenters. The molecule has 1 saturated heterocycles. The molecule has 3 heteroatoms. The first kappa shape index (κ1) is 11.1. The van der Waals surface area contributed by atoms with Crippen LogP contribution in [-0.2, 0) is 6.42 Å². The quantitative estimate of drug-likeness (QED) is 0.769. The summed E-state index contributed by atoms with van der Waals surface area (Å²) in [6.45, 7) is 6.10. The van der Waals surface area contributed by atoms with Gasteiger partial charge >= 0.3 is 0 Å². The van der Waals surface area contributed by atoms with Crippen molar-refractivity contribution in [1.29, 1.82) is 0 Å². The number of hydrogen-bond acceptors (Lipinski definition) is 3. The predicted molar refractivity (Wildman–Crippen MR) is 66.6 cm³/mol. The molecule has 0 aromatic carbocycles. The number of thiophene rings is 1. The molecule has 15 heavy (non-hydrogen) atoms. The normalized spacial score (nSPS) is 18.1. The van der Waals surface area contributed by atoms with Crippen molar-refractivity contribution in [2.45, 2.75) is 19.3 Å². The van der Waals surface area contributed by atoms with E-state index in [1.807, 2.05) is 11.3 Å². The summed E-state index contributed by atoms with van der Waals surface area (Å²) in [5.41, 5.74) is 0. The molecule has 2 nitrogen and oxygen atoms in total. The van der Waals surface area contributed by atoms with Gasteiger partial charge in [0.1, 0.15) is 0 Å². The maximum Gasteiger partial charge on any atom is 0.0107 e. The van der Waals surface area contributed by atoms with Crippen molar-refractivity contribution >= 4 is 11.3 Å². The van der Waals surface area contributed by atoms with Crippen LogP contribution in [0.5, 0.6) is 0 Å². The number of nitrogens with zero attached hydrogens (tertiary/aromatic N) is 1. The summed E-state index contributed by atoms with van der Waals surface area (Å²) in [4.78, 5) is 4.11. The average Bonchev–Trinajstić information content (AvgIpc) is 2.79. The van der Waals surface area contributed by atoms with Crippen LogP contribution >= 0.6 is 11.3 Å². The van der Waals surface area contributed by atoms with Crippen molar-refractivity contribution in [2.75, 3.05) is 32.7 Å². The first-order valence-corrected chi connectivity index (χ1v) is 6.78. The van der Waals surface area contributed by atoms with Crippen LogP contribution in [0.1, 0.15) is 17.7 Å². The van der Waals surface area contributed by atoms with Gasteiger partial charge in [-0.2, -0.15) is 0 Å². The highest BCUT2D eigenvalue weighted by Crippen LogP contribution is 2.12. The molecular formula is C12H20N2S. The second-order valence-corrected chi connectivity index (χ2v) is 5.16. The fourth-order valence-corrected chi connectivity index (χ4v) is 2.78. The van der Waals surface area contributed by atoms with Gasteiger partial charge in [-0.15, -0.1) is 11.3 Å². The van der Waals surface area contributed by atoms with E-state index in [0.29, 0.717) is 0 Å². The molecule has 1 aromatic heterocycles. The van der Waals surface area contributed by atoms with Crippen molar-refractivity contribution in [3.63, 3.8) is 0 Å². The van der Waals surface area contributed by atoms with E-state index in [1.165, 1.54) is 56.9 Å². The first-order valence-electron chi connectivity index (χ1n) is 5.90. The lowest BCUT2D eigenvalue weighted by Crippen LogP contribution is -2.43. The standard InChI is InChI=1S/C12H20N2S/c1(4-12-5-3-11-15-12)2-8-14-9-6-13-7-10-14/h3,5,11,13H,1-2,4,6-10H2. The third-order valence-corrected chi connectivity index (χ3v) is 3.87. The lowest BCUT2D eigenvalue weighted by atomic mass is 10.2. The van der Waals surface area contributed by atoms with Crippen molar-refractivity contribution < 1.29 is 0 Å². The third-order valence-electron chi connectivity index (χ3n) is 2.94. The number of unbranched alkanes of at least 4 members (excludes halogenated alkanes) is 1. The highest BCUT2D eigenvalue weighted by Gasteiger charge is 2.08. The van der Waals surface area contributed by atoms with E-state index >= 15 is 0 Å². The van der Waals surface area contributed by atoms with Gasteiger partial charge in [0, 0.05) is 31.1 Å². The molecule has 0 radical (unpaired) electrons. The molecule has 0 unspecified atom stereocenters. The molecule has 0 saturated carbocycles. The molecule has 0 bridgehead atoms. The van der Waals surface area contributed by atoms with Crippen molar-refractivity contribution in [3.8, 4) is 0 Å². The second kappa shape index (κ2) is 6.26. The van der Waals surface area contributed by atoms with Crippen molar-refractivity contribution in [2.24, 2.45) is 0 Å². The van der Waals surface area contributed by atoms with Crippen LogP contribution in [0, 0.1) is 0 Å². The lowest BCUT2D eigenvalue weighted by molar-refractivity contribution is 0.237. The highest BCUT2D eigenvalue weighted by atomic mass is 32.1. The highest BCUT2D eigenvalue weighted by molar-refractivity contribution is 7.09. The van der Waals surface area contributed by atoms with Gasteiger partial charge in [-0.3, -0.25) is 0 Å². The van der Waals surface area contributed by atoms with Gasteiger partial charge in [-0.25, -0.2) is 0 Å². The van der Waals surface area contributed by atoms with Gasteiger partial charge in [-0.05, 0) is 37.3 Å². The van der Waals surface area contributed by atoms with Gasteiger partial charge in [-0.1, -0.05) is 6.07 Å². The van der Waals surface area contributed by atoms with Gasteiger partial charge in [0.05, 0.1) is 0 Å². The number of nitrogens with one attached hydrogen (secondary N) is 1. The molecule has 1 aliphatic heterocycles. The van der Waals surface area contributed by atoms with Crippen LogP contribution in [0.4, 0.5) is 0 Å². The van der Waals surface area contributed by atoms with Crippen molar-refractivity contribution in [3.05, 3.63) is 22.4 Å². The predicted octanol–water partition coefficient (Wildman–Crippen LogP) is 1.98. The summed E-state index contributed by atoms with van der Waals surface area (Å²) >= 11 is 1.89. The zero-order chi connectivity index (χ0) is 10.3. The van der Waals surface area contributed by atoms with Gasteiger partial charge in [0.2, 0.25) is 0 Å². The Kier molecular flexibility index (Phi) is 4.64. The fraction of sp³-hybridized carbons (Fsp3) is 0.667. The largest absolute Gasteiger partial charge is 0.314 e. The molecule has 84 valence electrons. The van der Waals surface area contributed by atoms with Crippen LogP contribution in [0.3, 0.4) is 0 Å². The molecule has 0 spiro atoms. The molecule has 1 aliphatic rings. The number of aryl methyl sites for hydroxylation is 1. The summed E-state index contributed by atoms with van der Waals surface area (Å²) in [5.74, 6) is 0. The lowest BCUT2D eigenvalue weighted by Gasteiger charge is -2.26. The molecular weight excluding hydrogens is 204 g/mol. The van der Waals surface area contributed by atoms with E-state index < -0.39 is 0 Å². The SMILES string of the molecule is c1csc(CCCCN2CCNCC2)c1. The minimum Gasteiger partial charge on any atom is -0.314 e. The Hall–Kier alpha value is -0.380. The molecule has 0 aliphatic carbocycles. The Morgan fingerprint density at radius 3 is 2.87 bits per heavy atom. The Bertz CT molecular complexity index is 253. The third kappa shape index (κ3) is 3.93. The smallest absolute Gasteiger partial charge is 0.0107 e. The van der Waals surface area contributed by atoms with Crippen LogP contribution in [0.15, 0.2) is 17.5 Å². The molecule has 2 rings (SSSR count). The minimum absolute atomic E-state index is 1.17. The van der Waals surface area contributed by atoms with Crippen LogP contribution < -0.4 is 5.32 Å². The first-order chi connectivity index (χ1) is 7.45. The van der Waals surface area contributed by atoms with Crippen molar-refractivity contribution in [1.82, 2.24) is 10.2 Å². The molecule has 1 fully saturated rings. The van der Waals surface area contributed by atoms with Crippen LogP contribution in [0.2, 0.25) is 0 Å². The average molecular weight is 224 g/mol. The van der Waals surface area contributed by atoms with E-state index in [1.54, 1.807) is 0 Å². The fourth-order valence-electron chi connectivity index (χ4n) is 2.02. The Labute approximate surface area is 96.3 Å². The molecule has 0 amide bonds. The van der Waals surface area contributed by atoms with E-state index in [2.05, 4.69) is 27.7 Å². The molecule has 2 heterocycles. The summed E-state index contributed by atoms with van der Waals surface area (Å²) < 4.78 is 0. The Morgan fingerprint density at radius 2 is 2.13 bits per heavy atom. The van der Waals surface area contributed by atoms with E-state index in [4.69, 9.17) is 0 Å². The summed E-state index contributed by atoms with van der Waals surface area (Å²) in [7, 11) is 0. The summed E-state index contributed by atoms with van der Waals surface area (Å²) in [6.07, 6.45) is 3.95. The molecule has 1 N–H and O–H groups in total. The maximum absolute atomic E-state index is 3.39. The second-order valence-electron chi connectivity index (χ2n) is 4.13. The van der Waals surface area contributed by atoms with Crippen LogP contribution in [-0.4, -0.2) is 37.6 Å². The topological polar surface area (TPSA) is 15.3 Å². The maximum atomic E-state index is 3.39. The number of piperazine rings is 1. The minimum atomic E-state index is 1.17. The van der Waals surface area contributed by atoms with Gasteiger partial charge in [0.15, 0.2) is 0 Å². The van der Waals surface area contributed by atoms with E-state index in [-0.39, 0.29) is 0 Å². The summed E-state index contributed by atoms with van der Waals surface area (Å²) in [5, 5.41) is 5.56. The zero-order valence-corrected chi connectivity index (χ0v) is 10.1. The van der Waals surface area contributed by atoms with E-state index in [9.17, 15) is 0 Å². The monoisotopic (exact) mass is 224 g/mol. The number of rotatable bonds is 5. The van der Waals surface area contributed by atoms with Crippen LogP contribution in [0.25, 0.3) is 0 Å². The number of hydrogen-bond donors (Lipinski definition) is 1. The van der Waals surface area contributed by atoms with E-state index in [0.717, 1.165) is 0 Å². The summed E-state index contributed by atoms with van der Waals surface area (Å²) in [6, 6.07) is 4.39. The Balaban J connectivity index is 1.54. The zero-order valence-electron chi connectivity index (χ0n) is 9.24. The van der Waals surface area contributed by atoms with Gasteiger partial charge in [0.25, 0.3) is 0 Å². The van der Waals surface area contributed by atoms with Gasteiger partial charge < -0.3 is 10.2 Å².